The van der Waals surface area contributed by atoms with Crippen LogP contribution in [0.3, 0.4) is 0 Å². The molecule has 0 unspecified atom stereocenters. The number of rotatable bonds is 3. The average Bonchev–Trinajstić information content (AvgIpc) is 1.87. The molecule has 0 bridgehead atoms. The largest absolute Gasteiger partial charge is 0.216 e. The second kappa shape index (κ2) is 4.39. The highest BCUT2D eigenvalue weighted by Gasteiger charge is 2.15. The predicted octanol–water partition coefficient (Wildman–Crippen LogP) is 3.45. The van der Waals surface area contributed by atoms with Crippen LogP contribution in [0, 0.1) is 5.41 Å². The molecule has 0 aliphatic heterocycles. The van der Waals surface area contributed by atoms with E-state index in [1.165, 1.54) is 11.9 Å². The van der Waals surface area contributed by atoms with E-state index < -0.39 is 0 Å². The molecular weight excluding hydrogens is 154 g/mol. The molecule has 0 heterocycles. The number of hydrogen-bond donors (Lipinski definition) is 0. The first-order chi connectivity index (χ1) is 5.02. The second-order valence-electron chi connectivity index (χ2n) is 3.20. The third kappa shape index (κ3) is 4.04. The Morgan fingerprint density at radius 2 is 1.91 bits per heavy atom. The minimum absolute atomic E-state index is 0.0811. The molecule has 0 aliphatic rings. The van der Waals surface area contributed by atoms with Gasteiger partial charge in [-0.15, -0.1) is 0 Å². The van der Waals surface area contributed by atoms with Crippen molar-refractivity contribution in [2.75, 3.05) is 0 Å². The molecule has 0 fully saturated rings. The summed E-state index contributed by atoms with van der Waals surface area (Å²) in [5.41, 5.74) is 1.08. The Morgan fingerprint density at radius 3 is 2.18 bits per heavy atom. The lowest BCUT2D eigenvalue weighted by Crippen LogP contribution is -2.16. The van der Waals surface area contributed by atoms with Gasteiger partial charge in [-0.3, -0.25) is 0 Å². The maximum atomic E-state index is 4.23. The highest BCUT2D eigenvalue weighted by molar-refractivity contribution is 8.01. The molecule has 0 atom stereocenters. The quantitative estimate of drug-likeness (QED) is 0.465. The first-order valence-corrected chi connectivity index (χ1v) is 4.33. The average molecular weight is 169 g/mol. The molecule has 0 N–H and O–H groups in total. The molecule has 0 spiro atoms. The van der Waals surface area contributed by atoms with Crippen molar-refractivity contribution in [1.82, 2.24) is 0 Å². The summed E-state index contributed by atoms with van der Waals surface area (Å²) in [7, 11) is 0. The fourth-order valence-electron chi connectivity index (χ4n) is 0.574. The van der Waals surface area contributed by atoms with E-state index in [0.717, 1.165) is 5.71 Å². The van der Waals surface area contributed by atoms with Gasteiger partial charge in [-0.25, -0.2) is 4.40 Å². The van der Waals surface area contributed by atoms with E-state index in [9.17, 15) is 0 Å². The number of nitrogens with zero attached hydrogens (tertiary/aromatic N) is 1. The lowest BCUT2D eigenvalue weighted by atomic mass is 9.90. The summed E-state index contributed by atoms with van der Waals surface area (Å²) < 4.78 is 4.23. The lowest BCUT2D eigenvalue weighted by molar-refractivity contribution is 0.596. The van der Waals surface area contributed by atoms with Gasteiger partial charge in [-0.1, -0.05) is 33.9 Å². The third-order valence-electron chi connectivity index (χ3n) is 1.19. The topological polar surface area (TPSA) is 12.4 Å². The Kier molecular flexibility index (Phi) is 4.19. The summed E-state index contributed by atoms with van der Waals surface area (Å²) in [5.74, 6) is 0. The van der Waals surface area contributed by atoms with Gasteiger partial charge in [0.1, 0.15) is 0 Å². The van der Waals surface area contributed by atoms with Gasteiger partial charge in [0.15, 0.2) is 0 Å². The van der Waals surface area contributed by atoms with E-state index in [0.29, 0.717) is 0 Å². The van der Waals surface area contributed by atoms with E-state index in [2.05, 4.69) is 38.3 Å². The molecule has 0 radical (unpaired) electrons. The Bertz CT molecular complexity index is 174. The first kappa shape index (κ1) is 10.5. The number of hydrogen-bond acceptors (Lipinski definition) is 2. The number of allylic oxidation sites excluding steroid dienone is 1. The maximum Gasteiger partial charge on any atom is 0.0538 e. The lowest BCUT2D eigenvalue weighted by Gasteiger charge is -2.17. The normalized spacial score (nSPS) is 12.8. The van der Waals surface area contributed by atoms with Crippen molar-refractivity contribution < 1.29 is 0 Å². The predicted molar refractivity (Wildman–Crippen MR) is 54.9 cm³/mol. The van der Waals surface area contributed by atoms with E-state index in [4.69, 9.17) is 0 Å². The first-order valence-electron chi connectivity index (χ1n) is 3.50. The van der Waals surface area contributed by atoms with Crippen LogP contribution >= 0.6 is 11.9 Å². The zero-order valence-electron chi connectivity index (χ0n) is 7.42. The molecule has 0 aliphatic carbocycles. The van der Waals surface area contributed by atoms with Crippen LogP contribution in [0.5, 0.6) is 0 Å². The molecule has 0 rings (SSSR count). The van der Waals surface area contributed by atoms with Crippen molar-refractivity contribution in [3.8, 4) is 0 Å². The van der Waals surface area contributed by atoms with Crippen LogP contribution in [0.4, 0.5) is 0 Å². The van der Waals surface area contributed by atoms with Crippen LogP contribution in [0.15, 0.2) is 29.0 Å². The van der Waals surface area contributed by atoms with Gasteiger partial charge in [0.05, 0.1) is 5.71 Å². The fraction of sp³-hybridized carbons (Fsp3) is 0.444. The molecular formula is C9H15NS. The zero-order valence-corrected chi connectivity index (χ0v) is 8.24. The van der Waals surface area contributed by atoms with Crippen molar-refractivity contribution in [1.29, 1.82) is 0 Å². The van der Waals surface area contributed by atoms with Gasteiger partial charge >= 0.3 is 0 Å². The molecule has 0 saturated heterocycles. The second-order valence-corrected chi connectivity index (χ2v) is 3.93. The third-order valence-corrected chi connectivity index (χ3v) is 1.64. The maximum absolute atomic E-state index is 4.23. The van der Waals surface area contributed by atoms with Crippen LogP contribution < -0.4 is 0 Å². The molecule has 0 aromatic rings. The molecule has 62 valence electrons. The Labute approximate surface area is 73.4 Å². The van der Waals surface area contributed by atoms with Crippen molar-refractivity contribution in [2.45, 2.75) is 20.8 Å². The SMILES string of the molecule is C=CSN=C(C=C)C(C)(C)C. The van der Waals surface area contributed by atoms with Crippen LogP contribution in [0.2, 0.25) is 0 Å². The van der Waals surface area contributed by atoms with Crippen LogP contribution in [-0.4, -0.2) is 5.71 Å². The zero-order chi connectivity index (χ0) is 8.91. The van der Waals surface area contributed by atoms with Crippen LogP contribution in [0.25, 0.3) is 0 Å². The monoisotopic (exact) mass is 169 g/mol. The minimum Gasteiger partial charge on any atom is -0.216 e. The summed E-state index contributed by atoms with van der Waals surface area (Å²) in [6, 6.07) is 0. The molecule has 1 nitrogen and oxygen atoms in total. The highest BCUT2D eigenvalue weighted by atomic mass is 32.2. The Morgan fingerprint density at radius 1 is 1.36 bits per heavy atom. The summed E-state index contributed by atoms with van der Waals surface area (Å²) in [6.45, 7) is 13.6. The van der Waals surface area contributed by atoms with E-state index in [-0.39, 0.29) is 5.41 Å². The molecule has 0 aromatic heterocycles. The smallest absolute Gasteiger partial charge is 0.0538 e. The fourth-order valence-corrected chi connectivity index (χ4v) is 1.11. The standard InChI is InChI=1S/C9H15NS/c1-6-8(9(3,4)5)10-11-7-2/h6-7H,1-2H2,3-5H3. The van der Waals surface area contributed by atoms with E-state index in [1.54, 1.807) is 11.5 Å². The van der Waals surface area contributed by atoms with Gasteiger partial charge in [0.25, 0.3) is 0 Å². The molecule has 0 saturated carbocycles. The van der Waals surface area contributed by atoms with Crippen molar-refractivity contribution in [2.24, 2.45) is 9.81 Å². The summed E-state index contributed by atoms with van der Waals surface area (Å²) in [4.78, 5) is 0. The van der Waals surface area contributed by atoms with Gasteiger partial charge < -0.3 is 0 Å². The van der Waals surface area contributed by atoms with E-state index in [1.807, 2.05) is 0 Å². The Balaban J connectivity index is 4.39. The minimum atomic E-state index is 0.0811. The molecule has 0 amide bonds. The summed E-state index contributed by atoms with van der Waals surface area (Å²) in [5, 5.41) is 1.70. The van der Waals surface area contributed by atoms with Gasteiger partial charge in [-0.05, 0) is 11.5 Å². The van der Waals surface area contributed by atoms with E-state index >= 15 is 0 Å². The Hall–Kier alpha value is -0.500. The molecule has 0 aromatic carbocycles. The summed E-state index contributed by atoms with van der Waals surface area (Å²) >= 11 is 1.35. The highest BCUT2D eigenvalue weighted by Crippen LogP contribution is 2.19. The van der Waals surface area contributed by atoms with Crippen molar-refractivity contribution in [3.05, 3.63) is 24.6 Å². The molecule has 11 heavy (non-hydrogen) atoms. The van der Waals surface area contributed by atoms with Gasteiger partial charge in [0.2, 0.25) is 0 Å². The van der Waals surface area contributed by atoms with Gasteiger partial charge in [0, 0.05) is 17.4 Å². The molecule has 2 heteroatoms. The van der Waals surface area contributed by atoms with Crippen molar-refractivity contribution in [3.63, 3.8) is 0 Å². The van der Waals surface area contributed by atoms with Crippen molar-refractivity contribution >= 4 is 17.7 Å². The van der Waals surface area contributed by atoms with Crippen LogP contribution in [-0.2, 0) is 0 Å². The summed E-state index contributed by atoms with van der Waals surface area (Å²) in [6.07, 6.45) is 1.79. The van der Waals surface area contributed by atoms with Crippen LogP contribution in [0.1, 0.15) is 20.8 Å². The van der Waals surface area contributed by atoms with Gasteiger partial charge in [-0.2, -0.15) is 0 Å².